The monoisotopic (exact) mass is 459 g/mol. The summed E-state index contributed by atoms with van der Waals surface area (Å²) in [6, 6.07) is 21.2. The van der Waals surface area contributed by atoms with Crippen molar-refractivity contribution < 1.29 is 13.9 Å². The first kappa shape index (κ1) is 22.6. The number of methoxy groups -OCH3 is 1. The normalized spacial score (nSPS) is 16.9. The van der Waals surface area contributed by atoms with Gasteiger partial charge in [0.2, 0.25) is 0 Å². The Kier molecular flexibility index (Phi) is 6.61. The van der Waals surface area contributed by atoms with Gasteiger partial charge in [-0.25, -0.2) is 9.18 Å². The van der Waals surface area contributed by atoms with Crippen molar-refractivity contribution in [1.29, 1.82) is 0 Å². The van der Waals surface area contributed by atoms with E-state index in [9.17, 15) is 9.18 Å². The number of ether oxygens (including phenoxy) is 1. The third-order valence-corrected chi connectivity index (χ3v) is 6.84. The van der Waals surface area contributed by atoms with Crippen LogP contribution in [0.1, 0.15) is 41.0 Å². The van der Waals surface area contributed by atoms with Crippen LogP contribution in [0.5, 0.6) is 0 Å². The molecule has 34 heavy (non-hydrogen) atoms. The Morgan fingerprint density at radius 2 is 1.79 bits per heavy atom. The number of anilines is 2. The third kappa shape index (κ3) is 4.69. The molecule has 0 aliphatic carbocycles. The molecule has 3 aromatic rings. The van der Waals surface area contributed by atoms with Crippen LogP contribution in [0.2, 0.25) is 0 Å². The molecule has 2 amide bonds. The zero-order valence-electron chi connectivity index (χ0n) is 19.5. The topological polar surface area (TPSA) is 44.8 Å². The lowest BCUT2D eigenvalue weighted by Gasteiger charge is -2.34. The third-order valence-electron chi connectivity index (χ3n) is 6.84. The molecule has 2 aliphatic rings. The van der Waals surface area contributed by atoms with Gasteiger partial charge in [-0.15, -0.1) is 0 Å². The number of nitrogens with one attached hydrogen (secondary N) is 1. The van der Waals surface area contributed by atoms with Crippen LogP contribution in [0.15, 0.2) is 66.7 Å². The van der Waals surface area contributed by atoms with Gasteiger partial charge in [0, 0.05) is 20.2 Å². The maximum Gasteiger partial charge on any atom is 0.326 e. The van der Waals surface area contributed by atoms with Crippen LogP contribution < -0.4 is 10.2 Å². The van der Waals surface area contributed by atoms with Crippen LogP contribution in [0, 0.1) is 5.82 Å². The minimum Gasteiger partial charge on any atom is -0.380 e. The number of para-hydroxylation sites is 1. The van der Waals surface area contributed by atoms with Crippen molar-refractivity contribution in [3.8, 4) is 0 Å². The van der Waals surface area contributed by atoms with E-state index in [2.05, 4.69) is 34.5 Å². The average molecular weight is 460 g/mol. The Bertz CT molecular complexity index is 1170. The van der Waals surface area contributed by atoms with Gasteiger partial charge < -0.3 is 10.1 Å². The number of hydrogen-bond acceptors (Lipinski definition) is 3. The Balaban J connectivity index is 1.30. The smallest absolute Gasteiger partial charge is 0.326 e. The summed E-state index contributed by atoms with van der Waals surface area (Å²) in [5.41, 5.74) is 5.77. The van der Waals surface area contributed by atoms with Gasteiger partial charge in [-0.1, -0.05) is 42.5 Å². The van der Waals surface area contributed by atoms with E-state index in [1.165, 1.54) is 17.2 Å². The highest BCUT2D eigenvalue weighted by atomic mass is 19.1. The molecule has 1 saturated heterocycles. The Hall–Kier alpha value is -3.22. The number of urea groups is 1. The predicted octanol–water partition coefficient (Wildman–Crippen LogP) is 5.71. The molecule has 6 heteroatoms. The van der Waals surface area contributed by atoms with E-state index < -0.39 is 0 Å². The molecule has 3 aromatic carbocycles. The Morgan fingerprint density at radius 3 is 2.62 bits per heavy atom. The number of fused-ring (bicyclic) bond motifs is 1. The van der Waals surface area contributed by atoms with E-state index in [4.69, 9.17) is 4.74 Å². The highest BCUT2D eigenvalue weighted by Crippen LogP contribution is 2.36. The molecule has 176 valence electrons. The van der Waals surface area contributed by atoms with Gasteiger partial charge >= 0.3 is 6.03 Å². The van der Waals surface area contributed by atoms with Gasteiger partial charge in [-0.05, 0) is 78.4 Å². The first-order valence-corrected chi connectivity index (χ1v) is 11.9. The van der Waals surface area contributed by atoms with Gasteiger partial charge in [-0.2, -0.15) is 0 Å². The number of halogens is 1. The number of hydrogen-bond donors (Lipinski definition) is 1. The van der Waals surface area contributed by atoms with Crippen molar-refractivity contribution in [3.05, 3.63) is 94.8 Å². The second-order valence-electron chi connectivity index (χ2n) is 9.13. The fourth-order valence-electron chi connectivity index (χ4n) is 5.12. The predicted molar refractivity (Wildman–Crippen MR) is 132 cm³/mol. The molecule has 1 N–H and O–H groups in total. The molecule has 0 unspecified atom stereocenters. The summed E-state index contributed by atoms with van der Waals surface area (Å²) in [7, 11) is 1.71. The van der Waals surface area contributed by atoms with Crippen molar-refractivity contribution in [2.24, 2.45) is 0 Å². The van der Waals surface area contributed by atoms with E-state index in [-0.39, 0.29) is 17.8 Å². The van der Waals surface area contributed by atoms with Crippen LogP contribution in [-0.4, -0.2) is 31.1 Å². The summed E-state index contributed by atoms with van der Waals surface area (Å²) in [5, 5.41) is 2.92. The summed E-state index contributed by atoms with van der Waals surface area (Å²) in [4.78, 5) is 16.8. The molecular formula is C28H30FN3O2. The molecular weight excluding hydrogens is 429 g/mol. The summed E-state index contributed by atoms with van der Waals surface area (Å²) in [6.45, 7) is 3.83. The van der Waals surface area contributed by atoms with Gasteiger partial charge in [0.05, 0.1) is 18.0 Å². The van der Waals surface area contributed by atoms with Crippen LogP contribution in [-0.2, 0) is 24.4 Å². The van der Waals surface area contributed by atoms with Crippen LogP contribution in [0.25, 0.3) is 0 Å². The van der Waals surface area contributed by atoms with E-state index >= 15 is 0 Å². The van der Waals surface area contributed by atoms with Gasteiger partial charge in [0.25, 0.3) is 0 Å². The number of benzene rings is 3. The quantitative estimate of drug-likeness (QED) is 0.513. The lowest BCUT2D eigenvalue weighted by molar-refractivity contribution is 0.184. The van der Waals surface area contributed by atoms with Crippen molar-refractivity contribution in [1.82, 2.24) is 10.2 Å². The minimum atomic E-state index is -0.194. The maximum atomic E-state index is 14.9. The van der Waals surface area contributed by atoms with Gasteiger partial charge in [0.1, 0.15) is 5.82 Å². The molecule has 0 radical (unpaired) electrons. The largest absolute Gasteiger partial charge is 0.380 e. The number of amides is 2. The highest BCUT2D eigenvalue weighted by molar-refractivity contribution is 6.01. The lowest BCUT2D eigenvalue weighted by atomic mass is 9.88. The molecule has 2 heterocycles. The van der Waals surface area contributed by atoms with E-state index in [0.29, 0.717) is 24.4 Å². The van der Waals surface area contributed by atoms with Gasteiger partial charge in [0.15, 0.2) is 0 Å². The first-order chi connectivity index (χ1) is 16.6. The van der Waals surface area contributed by atoms with Crippen molar-refractivity contribution in [3.63, 3.8) is 0 Å². The minimum absolute atomic E-state index is 0.138. The standard InChI is InChI=1S/C28H30FN3O2/c1-34-19-21-6-4-5-20(15-21)18-31-13-11-22(12-14-31)25-16-24(9-10-26(25)29)32-27-8-3-2-7-23(27)17-30-28(32)33/h2-10,15-16,22H,11-14,17-19H2,1H3,(H,30,33). The van der Waals surface area contributed by atoms with E-state index in [1.54, 1.807) is 18.1 Å². The van der Waals surface area contributed by atoms with Crippen molar-refractivity contribution >= 4 is 17.4 Å². The van der Waals surface area contributed by atoms with Crippen LogP contribution in [0.4, 0.5) is 20.6 Å². The maximum absolute atomic E-state index is 14.9. The molecule has 0 atom stereocenters. The second-order valence-corrected chi connectivity index (χ2v) is 9.13. The number of piperidine rings is 1. The fraction of sp³-hybridized carbons (Fsp3) is 0.321. The average Bonchev–Trinajstić information content (AvgIpc) is 2.86. The zero-order valence-corrected chi connectivity index (χ0v) is 19.5. The lowest BCUT2D eigenvalue weighted by Crippen LogP contribution is -2.41. The summed E-state index contributed by atoms with van der Waals surface area (Å²) in [6.07, 6.45) is 1.78. The van der Waals surface area contributed by atoms with E-state index in [1.807, 2.05) is 30.3 Å². The number of carbonyl (C=O) groups is 1. The molecule has 2 aliphatic heterocycles. The fourth-order valence-corrected chi connectivity index (χ4v) is 5.12. The number of rotatable bonds is 6. The van der Waals surface area contributed by atoms with Gasteiger partial charge in [-0.3, -0.25) is 9.80 Å². The highest BCUT2D eigenvalue weighted by Gasteiger charge is 2.28. The molecule has 0 spiro atoms. The van der Waals surface area contributed by atoms with E-state index in [0.717, 1.165) is 43.7 Å². The summed E-state index contributed by atoms with van der Waals surface area (Å²) in [5.74, 6) is -0.0562. The van der Waals surface area contributed by atoms with Crippen molar-refractivity contribution in [2.75, 3.05) is 25.1 Å². The zero-order chi connectivity index (χ0) is 23.5. The first-order valence-electron chi connectivity index (χ1n) is 11.9. The molecule has 0 saturated carbocycles. The SMILES string of the molecule is COCc1cccc(CN2CCC(c3cc(N4C(=O)NCc5ccccc54)ccc3F)CC2)c1. The Labute approximate surface area is 200 Å². The number of likely N-dealkylation sites (tertiary alicyclic amines) is 1. The molecule has 5 nitrogen and oxygen atoms in total. The number of nitrogens with zero attached hydrogens (tertiary/aromatic N) is 2. The molecule has 0 aromatic heterocycles. The van der Waals surface area contributed by atoms with Crippen LogP contribution in [0.3, 0.4) is 0 Å². The molecule has 1 fully saturated rings. The Morgan fingerprint density at radius 1 is 1.00 bits per heavy atom. The molecule has 0 bridgehead atoms. The molecule has 5 rings (SSSR count). The number of carbonyl (C=O) groups excluding carboxylic acids is 1. The summed E-state index contributed by atoms with van der Waals surface area (Å²) >= 11 is 0. The van der Waals surface area contributed by atoms with Crippen molar-refractivity contribution in [2.45, 2.75) is 38.5 Å². The van der Waals surface area contributed by atoms with Crippen LogP contribution >= 0.6 is 0 Å². The summed E-state index contributed by atoms with van der Waals surface area (Å²) < 4.78 is 20.2. The second kappa shape index (κ2) is 9.95.